The molecule has 1 fully saturated rings. The van der Waals surface area contributed by atoms with Gasteiger partial charge in [0, 0.05) is 36.9 Å². The highest BCUT2D eigenvalue weighted by Gasteiger charge is 2.16. The Morgan fingerprint density at radius 1 is 1.35 bits per heavy atom. The van der Waals surface area contributed by atoms with Gasteiger partial charge < -0.3 is 16.0 Å². The third kappa shape index (κ3) is 7.42. The van der Waals surface area contributed by atoms with Crippen molar-refractivity contribution in [2.75, 3.05) is 23.3 Å². The summed E-state index contributed by atoms with van der Waals surface area (Å²) < 4.78 is 0. The second-order valence-corrected chi connectivity index (χ2v) is 6.28. The average molecular weight is 362 g/mol. The second kappa shape index (κ2) is 10.7. The van der Waals surface area contributed by atoms with Crippen molar-refractivity contribution < 1.29 is 4.79 Å². The topological polar surface area (TPSA) is 58.4 Å². The van der Waals surface area contributed by atoms with Gasteiger partial charge in [-0.3, -0.25) is 4.79 Å². The maximum Gasteiger partial charge on any atom is 0.224 e. The Kier molecular flexibility index (Phi) is 10.3. The standard InChI is InChI=1S/C17H27N3O.2ClH/c1-13-8-10-20(11-9-13)16-5-3-4-15(12-16)19-17(21)7-6-14(2)18;;/h3-5,12-14H,6-11,18H2,1-2H3,(H,19,21);2*1H. The number of benzene rings is 1. The van der Waals surface area contributed by atoms with Gasteiger partial charge in [-0.1, -0.05) is 13.0 Å². The molecule has 1 atom stereocenters. The number of nitrogens with zero attached hydrogens (tertiary/aromatic N) is 1. The summed E-state index contributed by atoms with van der Waals surface area (Å²) in [6.45, 7) is 6.43. The van der Waals surface area contributed by atoms with Crippen LogP contribution in [0.5, 0.6) is 0 Å². The molecule has 1 aliphatic rings. The predicted molar refractivity (Wildman–Crippen MR) is 103 cm³/mol. The van der Waals surface area contributed by atoms with Crippen LogP contribution in [0.4, 0.5) is 11.4 Å². The Labute approximate surface area is 152 Å². The van der Waals surface area contributed by atoms with Gasteiger partial charge >= 0.3 is 0 Å². The van der Waals surface area contributed by atoms with Gasteiger partial charge in [0.15, 0.2) is 0 Å². The van der Waals surface area contributed by atoms with Gasteiger partial charge in [0.05, 0.1) is 0 Å². The van der Waals surface area contributed by atoms with E-state index in [1.165, 1.54) is 18.5 Å². The van der Waals surface area contributed by atoms with Crippen LogP contribution in [0.3, 0.4) is 0 Å². The van der Waals surface area contributed by atoms with Crippen molar-refractivity contribution in [1.29, 1.82) is 0 Å². The normalized spacial score (nSPS) is 16.0. The van der Waals surface area contributed by atoms with Gasteiger partial charge in [-0.05, 0) is 50.3 Å². The first kappa shape index (κ1) is 22.0. The van der Waals surface area contributed by atoms with Crippen molar-refractivity contribution in [3.8, 4) is 0 Å². The molecule has 23 heavy (non-hydrogen) atoms. The molecule has 0 aliphatic carbocycles. The molecular formula is C17H29Cl2N3O. The molecule has 0 aromatic heterocycles. The summed E-state index contributed by atoms with van der Waals surface area (Å²) in [5.41, 5.74) is 7.76. The molecule has 1 saturated heterocycles. The zero-order valence-corrected chi connectivity index (χ0v) is 15.6. The highest BCUT2D eigenvalue weighted by atomic mass is 35.5. The Hall–Kier alpha value is -0.970. The molecule has 6 heteroatoms. The van der Waals surface area contributed by atoms with Gasteiger partial charge in [-0.2, -0.15) is 0 Å². The van der Waals surface area contributed by atoms with Gasteiger partial charge in [0.2, 0.25) is 5.91 Å². The molecule has 0 saturated carbocycles. The summed E-state index contributed by atoms with van der Waals surface area (Å²) in [4.78, 5) is 14.3. The van der Waals surface area contributed by atoms with E-state index in [-0.39, 0.29) is 36.8 Å². The lowest BCUT2D eigenvalue weighted by Crippen LogP contribution is -2.32. The van der Waals surface area contributed by atoms with Crippen molar-refractivity contribution in [3.05, 3.63) is 24.3 Å². The smallest absolute Gasteiger partial charge is 0.224 e. The van der Waals surface area contributed by atoms with Crippen molar-refractivity contribution in [1.82, 2.24) is 0 Å². The first-order valence-electron chi connectivity index (χ1n) is 7.95. The van der Waals surface area contributed by atoms with E-state index in [2.05, 4.69) is 29.3 Å². The third-order valence-corrected chi connectivity index (χ3v) is 4.11. The minimum absolute atomic E-state index is 0. The highest BCUT2D eigenvalue weighted by Crippen LogP contribution is 2.25. The molecule has 2 rings (SSSR count). The second-order valence-electron chi connectivity index (χ2n) is 6.28. The molecule has 1 aliphatic heterocycles. The van der Waals surface area contributed by atoms with Crippen molar-refractivity contribution in [3.63, 3.8) is 0 Å². The Morgan fingerprint density at radius 3 is 2.61 bits per heavy atom. The molecule has 0 bridgehead atoms. The maximum absolute atomic E-state index is 11.9. The van der Waals surface area contributed by atoms with Gasteiger partial charge in [-0.15, -0.1) is 24.8 Å². The summed E-state index contributed by atoms with van der Waals surface area (Å²) >= 11 is 0. The number of hydrogen-bond donors (Lipinski definition) is 2. The number of halogens is 2. The molecule has 1 unspecified atom stereocenters. The zero-order chi connectivity index (χ0) is 15.2. The van der Waals surface area contributed by atoms with Crippen LogP contribution in [0.2, 0.25) is 0 Å². The SMILES string of the molecule is CC(N)CCC(=O)Nc1cccc(N2CCC(C)CC2)c1.Cl.Cl. The van der Waals surface area contributed by atoms with Gasteiger partial charge in [-0.25, -0.2) is 0 Å². The van der Waals surface area contributed by atoms with E-state index in [0.29, 0.717) is 6.42 Å². The lowest BCUT2D eigenvalue weighted by molar-refractivity contribution is -0.116. The van der Waals surface area contributed by atoms with Crippen LogP contribution in [-0.4, -0.2) is 25.0 Å². The molecule has 3 N–H and O–H groups in total. The molecule has 0 spiro atoms. The lowest BCUT2D eigenvalue weighted by atomic mass is 9.99. The van der Waals surface area contributed by atoms with Crippen LogP contribution >= 0.6 is 24.8 Å². The zero-order valence-electron chi connectivity index (χ0n) is 14.0. The van der Waals surface area contributed by atoms with Crippen LogP contribution in [0.1, 0.15) is 39.5 Å². The minimum Gasteiger partial charge on any atom is -0.371 e. The summed E-state index contributed by atoms with van der Waals surface area (Å²) in [5, 5.41) is 2.96. The first-order chi connectivity index (χ1) is 10.0. The number of hydrogen-bond acceptors (Lipinski definition) is 3. The van der Waals surface area contributed by atoms with E-state index in [1.54, 1.807) is 0 Å². The monoisotopic (exact) mass is 361 g/mol. The summed E-state index contributed by atoms with van der Waals surface area (Å²) in [5.74, 6) is 0.860. The van der Waals surface area contributed by atoms with Crippen molar-refractivity contribution >= 4 is 42.1 Å². The van der Waals surface area contributed by atoms with E-state index in [1.807, 2.05) is 19.1 Å². The number of carbonyl (C=O) groups excluding carboxylic acids is 1. The van der Waals surface area contributed by atoms with E-state index < -0.39 is 0 Å². The van der Waals surface area contributed by atoms with E-state index in [4.69, 9.17) is 5.73 Å². The number of carbonyl (C=O) groups is 1. The quantitative estimate of drug-likeness (QED) is 0.837. The molecule has 1 aromatic rings. The van der Waals surface area contributed by atoms with Crippen molar-refractivity contribution in [2.45, 2.75) is 45.6 Å². The molecule has 1 amide bonds. The van der Waals surface area contributed by atoms with Crippen LogP contribution < -0.4 is 16.0 Å². The number of anilines is 2. The number of piperidine rings is 1. The first-order valence-corrected chi connectivity index (χ1v) is 7.95. The Morgan fingerprint density at radius 2 is 2.00 bits per heavy atom. The minimum atomic E-state index is 0. The molecule has 0 radical (unpaired) electrons. The number of rotatable bonds is 5. The van der Waals surface area contributed by atoms with Crippen molar-refractivity contribution in [2.24, 2.45) is 11.7 Å². The van der Waals surface area contributed by atoms with Crippen LogP contribution in [0.15, 0.2) is 24.3 Å². The van der Waals surface area contributed by atoms with Crippen LogP contribution in [-0.2, 0) is 4.79 Å². The highest BCUT2D eigenvalue weighted by molar-refractivity contribution is 5.91. The van der Waals surface area contributed by atoms with E-state index in [0.717, 1.165) is 31.1 Å². The molecule has 4 nitrogen and oxygen atoms in total. The average Bonchev–Trinajstić information content (AvgIpc) is 2.46. The molecular weight excluding hydrogens is 333 g/mol. The predicted octanol–water partition coefficient (Wildman–Crippen LogP) is 3.83. The number of amides is 1. The molecule has 1 aromatic carbocycles. The van der Waals surface area contributed by atoms with E-state index >= 15 is 0 Å². The number of nitrogens with two attached hydrogens (primary N) is 1. The van der Waals surface area contributed by atoms with Crippen LogP contribution in [0.25, 0.3) is 0 Å². The maximum atomic E-state index is 11.9. The molecule has 132 valence electrons. The summed E-state index contributed by atoms with van der Waals surface area (Å²) in [7, 11) is 0. The van der Waals surface area contributed by atoms with E-state index in [9.17, 15) is 4.79 Å². The fourth-order valence-corrected chi connectivity index (χ4v) is 2.63. The van der Waals surface area contributed by atoms with Gasteiger partial charge in [0.1, 0.15) is 0 Å². The third-order valence-electron chi connectivity index (χ3n) is 4.11. The Bertz CT molecular complexity index is 475. The summed E-state index contributed by atoms with van der Waals surface area (Å²) in [6.07, 6.45) is 3.68. The van der Waals surface area contributed by atoms with Gasteiger partial charge in [0.25, 0.3) is 0 Å². The fraction of sp³-hybridized carbons (Fsp3) is 0.588. The largest absolute Gasteiger partial charge is 0.371 e. The summed E-state index contributed by atoms with van der Waals surface area (Å²) in [6, 6.07) is 8.21. The lowest BCUT2D eigenvalue weighted by Gasteiger charge is -2.32. The fourth-order valence-electron chi connectivity index (χ4n) is 2.63. The van der Waals surface area contributed by atoms with Crippen LogP contribution in [0, 0.1) is 5.92 Å². The number of nitrogens with one attached hydrogen (secondary N) is 1. The Balaban J connectivity index is 0.00000242. The molecule has 1 heterocycles.